The molecule has 0 aliphatic heterocycles. The highest BCUT2D eigenvalue weighted by Crippen LogP contribution is 2.16. The zero-order chi connectivity index (χ0) is 24.9. The molecule has 0 atom stereocenters. The van der Waals surface area contributed by atoms with Crippen molar-refractivity contribution < 1.29 is 19.1 Å². The fraction of sp³-hybridized carbons (Fsp3) is 0.185. The van der Waals surface area contributed by atoms with E-state index in [2.05, 4.69) is 28.1 Å². The fourth-order valence-electron chi connectivity index (χ4n) is 3.14. The summed E-state index contributed by atoms with van der Waals surface area (Å²) in [6.07, 6.45) is 2.90. The molecule has 0 heterocycles. The number of hydrazone groups is 1. The molecule has 3 N–H and O–H groups in total. The van der Waals surface area contributed by atoms with E-state index in [9.17, 15) is 14.4 Å². The Morgan fingerprint density at radius 1 is 0.857 bits per heavy atom. The predicted octanol–water partition coefficient (Wildman–Crippen LogP) is 3.08. The third-order valence-electron chi connectivity index (χ3n) is 5.04. The van der Waals surface area contributed by atoms with Crippen molar-refractivity contribution in [2.75, 3.05) is 18.5 Å². The van der Waals surface area contributed by atoms with Gasteiger partial charge in [0.25, 0.3) is 5.91 Å². The van der Waals surface area contributed by atoms with E-state index >= 15 is 0 Å². The molecule has 3 aromatic rings. The summed E-state index contributed by atoms with van der Waals surface area (Å²) in [6, 6.07) is 24.2. The van der Waals surface area contributed by atoms with Gasteiger partial charge in [0.15, 0.2) is 6.61 Å². The van der Waals surface area contributed by atoms with Crippen LogP contribution < -0.4 is 20.8 Å². The average Bonchev–Trinajstić information content (AvgIpc) is 2.89. The van der Waals surface area contributed by atoms with Crippen molar-refractivity contribution >= 4 is 29.6 Å². The van der Waals surface area contributed by atoms with E-state index in [-0.39, 0.29) is 12.5 Å². The number of ether oxygens (including phenoxy) is 1. The van der Waals surface area contributed by atoms with Crippen LogP contribution in [-0.2, 0) is 27.2 Å². The number of carbonyl (C=O) groups excluding carboxylic acids is 3. The molecule has 8 nitrogen and oxygen atoms in total. The van der Waals surface area contributed by atoms with Crippen LogP contribution in [0, 0.1) is 0 Å². The average molecular weight is 473 g/mol. The maximum absolute atomic E-state index is 12.2. The van der Waals surface area contributed by atoms with Crippen LogP contribution in [0.4, 0.5) is 5.69 Å². The van der Waals surface area contributed by atoms with Crippen LogP contribution in [-0.4, -0.2) is 37.1 Å². The van der Waals surface area contributed by atoms with Gasteiger partial charge in [0, 0.05) is 17.8 Å². The van der Waals surface area contributed by atoms with Gasteiger partial charge in [-0.15, -0.1) is 0 Å². The molecule has 8 heteroatoms. The fourth-order valence-corrected chi connectivity index (χ4v) is 3.14. The second-order valence-corrected chi connectivity index (χ2v) is 7.62. The van der Waals surface area contributed by atoms with Crippen LogP contribution in [0.15, 0.2) is 84.0 Å². The summed E-state index contributed by atoms with van der Waals surface area (Å²) in [7, 11) is 0. The number of hydrogen-bond acceptors (Lipinski definition) is 5. The number of aryl methyl sites for hydroxylation is 1. The highest BCUT2D eigenvalue weighted by atomic mass is 16.5. The van der Waals surface area contributed by atoms with Gasteiger partial charge in [-0.05, 0) is 48.2 Å². The number of nitrogens with one attached hydrogen (secondary N) is 3. The van der Waals surface area contributed by atoms with Gasteiger partial charge in [-0.2, -0.15) is 5.10 Å². The molecule has 180 valence electrons. The maximum atomic E-state index is 12.2. The van der Waals surface area contributed by atoms with Crippen LogP contribution in [0.3, 0.4) is 0 Å². The molecule has 0 saturated heterocycles. The molecule has 3 rings (SSSR count). The third kappa shape index (κ3) is 8.43. The van der Waals surface area contributed by atoms with Crippen LogP contribution in [0.25, 0.3) is 0 Å². The summed E-state index contributed by atoms with van der Waals surface area (Å²) in [5.41, 5.74) is 5.67. The van der Waals surface area contributed by atoms with Crippen LogP contribution in [0.5, 0.6) is 5.75 Å². The Kier molecular flexibility index (Phi) is 9.56. The largest absolute Gasteiger partial charge is 0.483 e. The number of anilines is 1. The van der Waals surface area contributed by atoms with E-state index in [1.807, 2.05) is 54.6 Å². The molecule has 35 heavy (non-hydrogen) atoms. The first-order valence-corrected chi connectivity index (χ1v) is 11.3. The second kappa shape index (κ2) is 13.3. The molecule has 0 aliphatic carbocycles. The summed E-state index contributed by atoms with van der Waals surface area (Å²) >= 11 is 0. The lowest BCUT2D eigenvalue weighted by molar-refractivity contribution is -0.139. The number of hydrogen-bond donors (Lipinski definition) is 3. The second-order valence-electron chi connectivity index (χ2n) is 7.62. The molecule has 0 bridgehead atoms. The van der Waals surface area contributed by atoms with Crippen LogP contribution in [0.1, 0.15) is 23.6 Å². The molecule has 0 fully saturated rings. The van der Waals surface area contributed by atoms with Crippen molar-refractivity contribution in [1.29, 1.82) is 0 Å². The zero-order valence-electron chi connectivity index (χ0n) is 19.5. The van der Waals surface area contributed by atoms with Crippen molar-refractivity contribution in [3.8, 4) is 5.75 Å². The molecule has 3 amide bonds. The lowest BCUT2D eigenvalue weighted by Crippen LogP contribution is -2.38. The number of carbonyl (C=O) groups is 3. The summed E-state index contributed by atoms with van der Waals surface area (Å²) in [6.45, 7) is 2.20. The van der Waals surface area contributed by atoms with Gasteiger partial charge in [0.05, 0.1) is 6.21 Å². The Hall–Kier alpha value is -4.46. The van der Waals surface area contributed by atoms with Crippen LogP contribution >= 0.6 is 0 Å². The number of amides is 3. The van der Waals surface area contributed by atoms with Gasteiger partial charge in [0.2, 0.25) is 0 Å². The van der Waals surface area contributed by atoms with E-state index in [4.69, 9.17) is 4.74 Å². The normalized spacial score (nSPS) is 10.5. The molecule has 0 aromatic heterocycles. The Morgan fingerprint density at radius 2 is 1.57 bits per heavy atom. The van der Waals surface area contributed by atoms with E-state index in [1.165, 1.54) is 11.8 Å². The first kappa shape index (κ1) is 25.2. The monoisotopic (exact) mass is 472 g/mol. The lowest BCUT2D eigenvalue weighted by atomic mass is 10.1. The SMILES string of the molecule is CCc1ccc(NC(=O)COc2ccccc2/C=N\NC(=O)C(=O)NCCc2ccccc2)cc1. The summed E-state index contributed by atoms with van der Waals surface area (Å²) in [5.74, 6) is -1.54. The third-order valence-corrected chi connectivity index (χ3v) is 5.04. The van der Waals surface area contributed by atoms with Crippen molar-refractivity contribution in [1.82, 2.24) is 10.7 Å². The standard InChI is InChI=1S/C27H28N4O4/c1-2-20-12-14-23(15-13-20)30-25(32)19-35-24-11-7-6-10-22(24)18-29-31-27(34)26(33)28-17-16-21-8-4-3-5-9-21/h3-15,18H,2,16-17,19H2,1H3,(H,28,33)(H,30,32)(H,31,34)/b29-18-. The van der Waals surface area contributed by atoms with Gasteiger partial charge in [-0.25, -0.2) is 5.43 Å². The molecular formula is C27H28N4O4. The van der Waals surface area contributed by atoms with Crippen molar-refractivity contribution in [3.05, 3.63) is 95.6 Å². The van der Waals surface area contributed by atoms with Gasteiger partial charge >= 0.3 is 11.8 Å². The first-order chi connectivity index (χ1) is 17.0. The van der Waals surface area contributed by atoms with E-state index in [1.54, 1.807) is 24.3 Å². The smallest absolute Gasteiger partial charge is 0.329 e. The Labute approximate surface area is 204 Å². The lowest BCUT2D eigenvalue weighted by Gasteiger charge is -2.10. The minimum atomic E-state index is -0.874. The highest BCUT2D eigenvalue weighted by molar-refractivity contribution is 6.35. The molecule has 0 saturated carbocycles. The number of rotatable bonds is 10. The van der Waals surface area contributed by atoms with Crippen molar-refractivity contribution in [3.63, 3.8) is 0 Å². The molecule has 0 aliphatic rings. The minimum Gasteiger partial charge on any atom is -0.483 e. The molecular weight excluding hydrogens is 444 g/mol. The minimum absolute atomic E-state index is 0.198. The van der Waals surface area contributed by atoms with E-state index < -0.39 is 11.8 Å². The van der Waals surface area contributed by atoms with Crippen LogP contribution in [0.2, 0.25) is 0 Å². The Bertz CT molecular complexity index is 1160. The zero-order valence-corrected chi connectivity index (χ0v) is 19.5. The summed E-state index contributed by atoms with van der Waals surface area (Å²) < 4.78 is 5.62. The van der Waals surface area contributed by atoms with Crippen molar-refractivity contribution in [2.24, 2.45) is 5.10 Å². The molecule has 0 unspecified atom stereocenters. The quantitative estimate of drug-likeness (QED) is 0.239. The first-order valence-electron chi connectivity index (χ1n) is 11.3. The van der Waals surface area contributed by atoms with Gasteiger partial charge in [0.1, 0.15) is 5.75 Å². The van der Waals surface area contributed by atoms with Gasteiger partial charge < -0.3 is 15.4 Å². The van der Waals surface area contributed by atoms with Gasteiger partial charge in [-0.3, -0.25) is 14.4 Å². The van der Waals surface area contributed by atoms with E-state index in [0.29, 0.717) is 30.0 Å². The Balaban J connectivity index is 1.45. The molecule has 3 aromatic carbocycles. The summed E-state index contributed by atoms with van der Waals surface area (Å²) in [4.78, 5) is 36.1. The van der Waals surface area contributed by atoms with E-state index in [0.717, 1.165) is 12.0 Å². The maximum Gasteiger partial charge on any atom is 0.329 e. The molecule has 0 spiro atoms. The number of para-hydroxylation sites is 1. The van der Waals surface area contributed by atoms with Gasteiger partial charge in [-0.1, -0.05) is 61.5 Å². The number of nitrogens with zero attached hydrogens (tertiary/aromatic N) is 1. The predicted molar refractivity (Wildman–Crippen MR) is 135 cm³/mol. The summed E-state index contributed by atoms with van der Waals surface area (Å²) in [5, 5.41) is 9.17. The molecule has 0 radical (unpaired) electrons. The Morgan fingerprint density at radius 3 is 2.31 bits per heavy atom. The van der Waals surface area contributed by atoms with Crippen molar-refractivity contribution in [2.45, 2.75) is 19.8 Å². The topological polar surface area (TPSA) is 109 Å². The highest BCUT2D eigenvalue weighted by Gasteiger charge is 2.12. The number of benzene rings is 3.